The monoisotopic (exact) mass is 296 g/mol. The molecule has 0 radical (unpaired) electrons. The van der Waals surface area contributed by atoms with Crippen molar-refractivity contribution < 1.29 is 14.5 Å². The first kappa shape index (κ1) is 15.1. The molecule has 0 saturated heterocycles. The van der Waals surface area contributed by atoms with Gasteiger partial charge in [-0.25, -0.2) is 0 Å². The van der Waals surface area contributed by atoms with Crippen molar-refractivity contribution in [2.75, 3.05) is 0 Å². The van der Waals surface area contributed by atoms with Crippen LogP contribution in [0, 0.1) is 10.1 Å². The Morgan fingerprint density at radius 3 is 2.23 bits per heavy atom. The summed E-state index contributed by atoms with van der Waals surface area (Å²) in [4.78, 5) is 33.4. The molecule has 0 atom stereocenters. The average molecular weight is 296 g/mol. The third-order valence-electron chi connectivity index (χ3n) is 2.80. The Bertz CT molecular complexity index is 722. The Morgan fingerprint density at radius 2 is 1.64 bits per heavy atom. The van der Waals surface area contributed by atoms with Gasteiger partial charge in [0.1, 0.15) is 0 Å². The van der Waals surface area contributed by atoms with Crippen LogP contribution in [0.25, 0.3) is 6.08 Å². The van der Waals surface area contributed by atoms with Crippen LogP contribution in [0.5, 0.6) is 0 Å². The maximum absolute atomic E-state index is 11.7. The number of hydrogen-bond donors (Lipinski definition) is 1. The van der Waals surface area contributed by atoms with Gasteiger partial charge in [0.25, 0.3) is 17.5 Å². The number of carbonyl (C=O) groups is 2. The zero-order chi connectivity index (χ0) is 15.9. The molecule has 1 N–H and O–H groups in total. The molecule has 0 heterocycles. The Balaban J connectivity index is 1.96. The minimum atomic E-state index is -0.563. The number of rotatable bonds is 4. The van der Waals surface area contributed by atoms with E-state index in [0.29, 0.717) is 11.1 Å². The van der Waals surface area contributed by atoms with E-state index in [-0.39, 0.29) is 5.69 Å². The van der Waals surface area contributed by atoms with Gasteiger partial charge in [0.2, 0.25) is 0 Å². The van der Waals surface area contributed by atoms with Gasteiger partial charge >= 0.3 is 0 Å². The lowest BCUT2D eigenvalue weighted by atomic mass is 10.2. The molecule has 110 valence electrons. The van der Waals surface area contributed by atoms with Crippen LogP contribution in [0.15, 0.2) is 60.7 Å². The second kappa shape index (κ2) is 6.94. The molecular weight excluding hydrogens is 284 g/mol. The first-order chi connectivity index (χ1) is 10.6. The minimum absolute atomic E-state index is 0.0270. The van der Waals surface area contributed by atoms with E-state index < -0.39 is 16.7 Å². The van der Waals surface area contributed by atoms with E-state index in [4.69, 9.17) is 0 Å². The van der Waals surface area contributed by atoms with Crippen LogP contribution in [0.2, 0.25) is 0 Å². The highest BCUT2D eigenvalue weighted by Crippen LogP contribution is 2.12. The fraction of sp³-hybridized carbons (Fsp3) is 0. The van der Waals surface area contributed by atoms with Gasteiger partial charge in [0.05, 0.1) is 4.92 Å². The van der Waals surface area contributed by atoms with Crippen molar-refractivity contribution in [2.24, 2.45) is 0 Å². The van der Waals surface area contributed by atoms with Crippen molar-refractivity contribution in [3.63, 3.8) is 0 Å². The van der Waals surface area contributed by atoms with E-state index in [9.17, 15) is 19.7 Å². The molecule has 6 heteroatoms. The fourth-order valence-electron chi connectivity index (χ4n) is 1.69. The van der Waals surface area contributed by atoms with Crippen molar-refractivity contribution in [3.05, 3.63) is 81.9 Å². The van der Waals surface area contributed by atoms with Gasteiger partial charge in [0.15, 0.2) is 0 Å². The molecule has 2 aromatic carbocycles. The second-order valence-corrected chi connectivity index (χ2v) is 4.37. The van der Waals surface area contributed by atoms with E-state index in [0.717, 1.165) is 0 Å². The van der Waals surface area contributed by atoms with Crippen LogP contribution in [-0.4, -0.2) is 16.7 Å². The van der Waals surface area contributed by atoms with E-state index in [2.05, 4.69) is 5.32 Å². The second-order valence-electron chi connectivity index (χ2n) is 4.37. The first-order valence-electron chi connectivity index (χ1n) is 6.39. The highest BCUT2D eigenvalue weighted by molar-refractivity contribution is 6.09. The molecule has 2 amide bonds. The zero-order valence-electron chi connectivity index (χ0n) is 11.4. The molecule has 6 nitrogen and oxygen atoms in total. The van der Waals surface area contributed by atoms with Gasteiger partial charge < -0.3 is 0 Å². The summed E-state index contributed by atoms with van der Waals surface area (Å²) in [5.74, 6) is -1.05. The van der Waals surface area contributed by atoms with Gasteiger partial charge in [-0.2, -0.15) is 0 Å². The lowest BCUT2D eigenvalue weighted by Gasteiger charge is -2.00. The van der Waals surface area contributed by atoms with Gasteiger partial charge in [-0.15, -0.1) is 0 Å². The number of amides is 2. The predicted octanol–water partition coefficient (Wildman–Crippen LogP) is 2.56. The molecule has 0 unspecified atom stereocenters. The van der Waals surface area contributed by atoms with E-state index in [1.54, 1.807) is 30.3 Å². The number of nitrogens with zero attached hydrogens (tertiary/aromatic N) is 1. The van der Waals surface area contributed by atoms with Crippen LogP contribution in [0.4, 0.5) is 5.69 Å². The highest BCUT2D eigenvalue weighted by Gasteiger charge is 2.07. The molecule has 0 aliphatic carbocycles. The Kier molecular flexibility index (Phi) is 4.77. The average Bonchev–Trinajstić information content (AvgIpc) is 2.54. The third kappa shape index (κ3) is 4.11. The number of non-ortho nitro benzene ring substituents is 1. The topological polar surface area (TPSA) is 89.3 Å². The lowest BCUT2D eigenvalue weighted by Crippen LogP contribution is -2.28. The van der Waals surface area contributed by atoms with Gasteiger partial charge in [-0.05, 0) is 35.9 Å². The van der Waals surface area contributed by atoms with Gasteiger partial charge in [-0.1, -0.05) is 18.2 Å². The summed E-state index contributed by atoms with van der Waals surface area (Å²) in [5.41, 5.74) is 0.980. The number of benzene rings is 2. The maximum atomic E-state index is 11.7. The summed E-state index contributed by atoms with van der Waals surface area (Å²) >= 11 is 0. The van der Waals surface area contributed by atoms with Crippen LogP contribution < -0.4 is 5.32 Å². The highest BCUT2D eigenvalue weighted by atomic mass is 16.6. The number of nitro groups is 1. The summed E-state index contributed by atoms with van der Waals surface area (Å²) in [7, 11) is 0. The van der Waals surface area contributed by atoms with Crippen LogP contribution >= 0.6 is 0 Å². The minimum Gasteiger partial charge on any atom is -0.289 e. The fourth-order valence-corrected chi connectivity index (χ4v) is 1.69. The Hall–Kier alpha value is -3.28. The van der Waals surface area contributed by atoms with Crippen molar-refractivity contribution >= 4 is 23.6 Å². The summed E-state index contributed by atoms with van der Waals surface area (Å²) in [6.07, 6.45) is 2.67. The first-order valence-corrected chi connectivity index (χ1v) is 6.39. The van der Waals surface area contributed by atoms with Crippen LogP contribution in [-0.2, 0) is 4.79 Å². The largest absolute Gasteiger partial charge is 0.289 e. The predicted molar refractivity (Wildman–Crippen MR) is 81.0 cm³/mol. The summed E-state index contributed by atoms with van der Waals surface area (Å²) < 4.78 is 0. The molecule has 0 bridgehead atoms. The van der Waals surface area contributed by atoms with E-state index >= 15 is 0 Å². The Morgan fingerprint density at radius 1 is 1.00 bits per heavy atom. The standard InChI is InChI=1S/C16H12N2O4/c19-15(17-16(20)13-4-2-1-3-5-13)11-8-12-6-9-14(10-7-12)18(21)22/h1-11H,(H,17,19,20). The smallest absolute Gasteiger partial charge is 0.269 e. The molecule has 0 aliphatic rings. The number of imide groups is 1. The molecule has 0 saturated carbocycles. The molecule has 0 fully saturated rings. The van der Waals surface area contributed by atoms with Crippen molar-refractivity contribution in [3.8, 4) is 0 Å². The number of nitrogens with one attached hydrogen (secondary N) is 1. The SMILES string of the molecule is O=C(C=Cc1ccc([N+](=O)[O-])cc1)NC(=O)c1ccccc1. The van der Waals surface area contributed by atoms with Gasteiger partial charge in [0, 0.05) is 23.8 Å². The molecule has 2 aromatic rings. The lowest BCUT2D eigenvalue weighted by molar-refractivity contribution is -0.384. The summed E-state index contributed by atoms with van der Waals surface area (Å²) in [6.45, 7) is 0. The number of nitro benzene ring substituents is 1. The molecule has 2 rings (SSSR count). The summed E-state index contributed by atoms with van der Waals surface area (Å²) in [6, 6.07) is 14.1. The Labute approximate surface area is 126 Å². The number of carbonyl (C=O) groups excluding carboxylic acids is 2. The third-order valence-corrected chi connectivity index (χ3v) is 2.80. The molecular formula is C16H12N2O4. The quantitative estimate of drug-likeness (QED) is 0.533. The molecule has 0 aromatic heterocycles. The zero-order valence-corrected chi connectivity index (χ0v) is 11.4. The number of hydrogen-bond acceptors (Lipinski definition) is 4. The molecule has 22 heavy (non-hydrogen) atoms. The maximum Gasteiger partial charge on any atom is 0.269 e. The van der Waals surface area contributed by atoms with E-state index in [1.165, 1.54) is 36.4 Å². The van der Waals surface area contributed by atoms with Crippen LogP contribution in [0.1, 0.15) is 15.9 Å². The molecule has 0 aliphatic heterocycles. The van der Waals surface area contributed by atoms with Crippen molar-refractivity contribution in [2.45, 2.75) is 0 Å². The van der Waals surface area contributed by atoms with E-state index in [1.807, 2.05) is 0 Å². The molecule has 0 spiro atoms. The van der Waals surface area contributed by atoms with Crippen molar-refractivity contribution in [1.29, 1.82) is 0 Å². The summed E-state index contributed by atoms with van der Waals surface area (Å²) in [5, 5.41) is 12.7. The van der Waals surface area contributed by atoms with Gasteiger partial charge in [-0.3, -0.25) is 25.0 Å². The van der Waals surface area contributed by atoms with Crippen molar-refractivity contribution in [1.82, 2.24) is 5.32 Å². The normalized spacial score (nSPS) is 10.4. The van der Waals surface area contributed by atoms with Crippen LogP contribution in [0.3, 0.4) is 0 Å².